The third-order valence-electron chi connectivity index (χ3n) is 4.89. The summed E-state index contributed by atoms with van der Waals surface area (Å²) in [4.78, 5) is 20.9. The molecule has 1 aliphatic heterocycles. The largest absolute Gasteiger partial charge is 0.378 e. The maximum atomic E-state index is 14.3. The van der Waals surface area contributed by atoms with E-state index < -0.39 is 5.82 Å². The molecule has 1 aromatic carbocycles. The van der Waals surface area contributed by atoms with Gasteiger partial charge in [0.15, 0.2) is 10.6 Å². The summed E-state index contributed by atoms with van der Waals surface area (Å²) < 4.78 is 21.8. The predicted molar refractivity (Wildman–Crippen MR) is 119 cm³/mol. The van der Waals surface area contributed by atoms with Gasteiger partial charge in [0, 0.05) is 23.7 Å². The van der Waals surface area contributed by atoms with E-state index >= 15 is 0 Å². The average Bonchev–Trinajstić information content (AvgIpc) is 3.44. The Balaban J connectivity index is 1.68. The van der Waals surface area contributed by atoms with Crippen molar-refractivity contribution >= 4 is 49.6 Å². The van der Waals surface area contributed by atoms with Gasteiger partial charge in [-0.2, -0.15) is 5.10 Å². The molecule has 0 unspecified atom stereocenters. The summed E-state index contributed by atoms with van der Waals surface area (Å²) >= 11 is 9.17. The number of anilines is 1. The molecular formula is C20H16ClFN4O2S2. The fourth-order valence-electron chi connectivity index (χ4n) is 3.35. The van der Waals surface area contributed by atoms with Gasteiger partial charge in [0.25, 0.3) is 5.56 Å². The van der Waals surface area contributed by atoms with Crippen LogP contribution in [0.3, 0.4) is 0 Å². The van der Waals surface area contributed by atoms with Gasteiger partial charge in [0.05, 0.1) is 29.3 Å². The van der Waals surface area contributed by atoms with E-state index in [0.29, 0.717) is 24.4 Å². The number of thiophene rings is 1. The summed E-state index contributed by atoms with van der Waals surface area (Å²) in [6.45, 7) is 2.63. The first-order valence-corrected chi connectivity index (χ1v) is 11.4. The Morgan fingerprint density at radius 2 is 2.03 bits per heavy atom. The van der Waals surface area contributed by atoms with Crippen molar-refractivity contribution in [3.05, 3.63) is 62.5 Å². The molecule has 0 radical (unpaired) electrons. The summed E-state index contributed by atoms with van der Waals surface area (Å²) in [5, 5.41) is 7.58. The van der Waals surface area contributed by atoms with Crippen molar-refractivity contribution in [2.24, 2.45) is 0 Å². The maximum absolute atomic E-state index is 14.3. The number of aromatic nitrogens is 3. The van der Waals surface area contributed by atoms with Gasteiger partial charge in [-0.3, -0.25) is 4.79 Å². The van der Waals surface area contributed by atoms with Gasteiger partial charge in [-0.1, -0.05) is 35.1 Å². The summed E-state index contributed by atoms with van der Waals surface area (Å²) in [6.07, 6.45) is 0. The zero-order valence-corrected chi connectivity index (χ0v) is 18.1. The van der Waals surface area contributed by atoms with Crippen LogP contribution in [0.2, 0.25) is 5.02 Å². The number of thiazole rings is 1. The van der Waals surface area contributed by atoms with E-state index in [1.165, 1.54) is 39.5 Å². The van der Waals surface area contributed by atoms with E-state index in [4.69, 9.17) is 16.3 Å². The molecule has 6 nitrogen and oxygen atoms in total. The van der Waals surface area contributed by atoms with Crippen LogP contribution in [0.4, 0.5) is 9.52 Å². The average molecular weight is 463 g/mol. The van der Waals surface area contributed by atoms with Crippen LogP contribution in [0.1, 0.15) is 5.56 Å². The molecule has 5 rings (SSSR count). The number of ether oxygens (including phenoxy) is 1. The molecule has 1 saturated heterocycles. The number of benzene rings is 1. The first-order valence-electron chi connectivity index (χ1n) is 9.33. The number of hydrogen-bond acceptors (Lipinski definition) is 7. The van der Waals surface area contributed by atoms with Crippen LogP contribution < -0.4 is 10.5 Å². The van der Waals surface area contributed by atoms with Crippen molar-refractivity contribution in [1.82, 2.24) is 14.8 Å². The van der Waals surface area contributed by atoms with Crippen molar-refractivity contribution in [1.29, 1.82) is 0 Å². The second kappa shape index (κ2) is 8.07. The lowest BCUT2D eigenvalue weighted by Crippen LogP contribution is -2.36. The Morgan fingerprint density at radius 3 is 2.77 bits per heavy atom. The first-order chi connectivity index (χ1) is 14.6. The molecule has 0 atom stereocenters. The van der Waals surface area contributed by atoms with Crippen LogP contribution in [0.15, 0.2) is 40.5 Å². The molecule has 1 aliphatic rings. The third kappa shape index (κ3) is 3.51. The van der Waals surface area contributed by atoms with Gasteiger partial charge in [0.2, 0.25) is 0 Å². The lowest BCUT2D eigenvalue weighted by molar-refractivity contribution is 0.122. The first kappa shape index (κ1) is 19.6. The zero-order chi connectivity index (χ0) is 20.7. The number of hydrogen-bond donors (Lipinski definition) is 0. The highest BCUT2D eigenvalue weighted by Crippen LogP contribution is 2.35. The van der Waals surface area contributed by atoms with Gasteiger partial charge in [-0.25, -0.2) is 14.1 Å². The second-order valence-electron chi connectivity index (χ2n) is 6.76. The lowest BCUT2D eigenvalue weighted by atomic mass is 10.2. The molecule has 154 valence electrons. The molecule has 1 fully saturated rings. The van der Waals surface area contributed by atoms with Crippen molar-refractivity contribution in [3.8, 4) is 10.6 Å². The van der Waals surface area contributed by atoms with Crippen LogP contribution in [0.25, 0.3) is 20.8 Å². The van der Waals surface area contributed by atoms with E-state index in [1.54, 1.807) is 6.07 Å². The van der Waals surface area contributed by atoms with Crippen LogP contribution in [-0.4, -0.2) is 41.1 Å². The van der Waals surface area contributed by atoms with Crippen LogP contribution >= 0.6 is 34.3 Å². The van der Waals surface area contributed by atoms with Gasteiger partial charge in [0.1, 0.15) is 11.5 Å². The Hall–Kier alpha value is -2.33. The minimum atomic E-state index is -0.471. The highest BCUT2D eigenvalue weighted by atomic mass is 35.5. The van der Waals surface area contributed by atoms with Gasteiger partial charge < -0.3 is 9.64 Å². The molecular weight excluding hydrogens is 447 g/mol. The van der Waals surface area contributed by atoms with Crippen LogP contribution in [0.5, 0.6) is 0 Å². The van der Waals surface area contributed by atoms with E-state index in [2.05, 4.69) is 15.0 Å². The Bertz CT molecular complexity index is 1250. The molecule has 0 saturated carbocycles. The lowest BCUT2D eigenvalue weighted by Gasteiger charge is -2.25. The Morgan fingerprint density at radius 1 is 1.20 bits per heavy atom. The molecule has 4 heterocycles. The quantitative estimate of drug-likeness (QED) is 0.453. The Labute approximate surface area is 184 Å². The minimum absolute atomic E-state index is 0.0664. The maximum Gasteiger partial charge on any atom is 0.294 e. The minimum Gasteiger partial charge on any atom is -0.378 e. The fourth-order valence-corrected chi connectivity index (χ4v) is 5.46. The standard InChI is InChI=1S/C20H16ClFN4O2S2/c21-13-3-1-4-14(22)12(13)11-26-19(27)17-18(16(24-26)15-5-2-10-29-15)30-20(23-17)25-6-8-28-9-7-25/h1-5,10H,6-9,11H2. The van der Waals surface area contributed by atoms with Crippen LogP contribution in [0, 0.1) is 5.82 Å². The molecule has 0 bridgehead atoms. The zero-order valence-electron chi connectivity index (χ0n) is 15.7. The molecule has 4 aromatic rings. The summed E-state index contributed by atoms with van der Waals surface area (Å²) in [5.41, 5.74) is 0.880. The van der Waals surface area contributed by atoms with Crippen molar-refractivity contribution in [2.45, 2.75) is 6.54 Å². The number of halogens is 2. The summed E-state index contributed by atoms with van der Waals surface area (Å²) in [6, 6.07) is 8.34. The molecule has 0 spiro atoms. The van der Waals surface area contributed by atoms with Gasteiger partial charge >= 0.3 is 0 Å². The molecule has 0 amide bonds. The van der Waals surface area contributed by atoms with Crippen molar-refractivity contribution in [3.63, 3.8) is 0 Å². The topological polar surface area (TPSA) is 60.3 Å². The smallest absolute Gasteiger partial charge is 0.294 e. The van der Waals surface area contributed by atoms with E-state index in [9.17, 15) is 9.18 Å². The molecule has 3 aromatic heterocycles. The van der Waals surface area contributed by atoms with Gasteiger partial charge in [-0.05, 0) is 23.6 Å². The van der Waals surface area contributed by atoms with E-state index in [1.807, 2.05) is 17.5 Å². The van der Waals surface area contributed by atoms with E-state index in [0.717, 1.165) is 27.8 Å². The summed E-state index contributed by atoms with van der Waals surface area (Å²) in [7, 11) is 0. The molecule has 30 heavy (non-hydrogen) atoms. The SMILES string of the molecule is O=c1c2nc(N3CCOCC3)sc2c(-c2cccs2)nn1Cc1c(F)cccc1Cl. The molecule has 0 aliphatic carbocycles. The molecule has 10 heteroatoms. The van der Waals surface area contributed by atoms with Crippen LogP contribution in [-0.2, 0) is 11.3 Å². The fraction of sp³-hybridized carbons (Fsp3) is 0.250. The monoisotopic (exact) mass is 462 g/mol. The molecule has 0 N–H and O–H groups in total. The normalized spacial score (nSPS) is 14.5. The van der Waals surface area contributed by atoms with Crippen molar-refractivity contribution in [2.75, 3.05) is 31.2 Å². The second-order valence-corrected chi connectivity index (χ2v) is 9.09. The Kier molecular flexibility index (Phi) is 5.28. The predicted octanol–water partition coefficient (Wildman–Crippen LogP) is 4.26. The van der Waals surface area contributed by atoms with Gasteiger partial charge in [-0.15, -0.1) is 11.3 Å². The number of nitrogens with zero attached hydrogens (tertiary/aromatic N) is 4. The highest BCUT2D eigenvalue weighted by molar-refractivity contribution is 7.23. The number of fused-ring (bicyclic) bond motifs is 1. The highest BCUT2D eigenvalue weighted by Gasteiger charge is 2.22. The number of morpholine rings is 1. The number of rotatable bonds is 4. The summed E-state index contributed by atoms with van der Waals surface area (Å²) in [5.74, 6) is -0.471. The van der Waals surface area contributed by atoms with Crippen molar-refractivity contribution < 1.29 is 9.13 Å². The third-order valence-corrected chi connectivity index (χ3v) is 7.25. The van der Waals surface area contributed by atoms with E-state index in [-0.39, 0.29) is 22.7 Å².